The van der Waals surface area contributed by atoms with Crippen LogP contribution in [0.3, 0.4) is 0 Å². The average Bonchev–Trinajstić information content (AvgIpc) is 3.22. The Morgan fingerprint density at radius 3 is 2.42 bits per heavy atom. The molecule has 136 valence electrons. The summed E-state index contributed by atoms with van der Waals surface area (Å²) in [5.41, 5.74) is 2.33. The molecular weight excluding hydrogens is 329 g/mol. The van der Waals surface area contributed by atoms with Crippen molar-refractivity contribution in [1.82, 2.24) is 15.1 Å². The third kappa shape index (κ3) is 3.64. The Morgan fingerprint density at radius 1 is 1.00 bits per heavy atom. The highest BCUT2D eigenvalue weighted by Gasteiger charge is 2.28. The summed E-state index contributed by atoms with van der Waals surface area (Å²) < 4.78 is 13.5. The molecular formula is C21H24FN3O. The lowest BCUT2D eigenvalue weighted by Gasteiger charge is -2.37. The molecule has 1 amide bonds. The molecule has 4 rings (SSSR count). The number of amides is 1. The Labute approximate surface area is 153 Å². The number of rotatable bonds is 3. The second-order valence-corrected chi connectivity index (χ2v) is 7.07. The van der Waals surface area contributed by atoms with Gasteiger partial charge in [0.15, 0.2) is 0 Å². The van der Waals surface area contributed by atoms with Crippen molar-refractivity contribution >= 4 is 5.91 Å². The lowest BCUT2D eigenvalue weighted by Crippen LogP contribution is -2.52. The highest BCUT2D eigenvalue weighted by atomic mass is 19.1. The summed E-state index contributed by atoms with van der Waals surface area (Å²) in [6.45, 7) is 5.54. The van der Waals surface area contributed by atoms with Gasteiger partial charge in [0, 0.05) is 44.3 Å². The molecule has 2 aliphatic heterocycles. The van der Waals surface area contributed by atoms with Crippen molar-refractivity contribution in [2.24, 2.45) is 0 Å². The summed E-state index contributed by atoms with van der Waals surface area (Å²) in [5.74, 6) is -0.204. The molecule has 2 saturated heterocycles. The number of carbonyl (C=O) groups is 1. The first-order valence-corrected chi connectivity index (χ1v) is 9.31. The molecule has 2 fully saturated rings. The van der Waals surface area contributed by atoms with Crippen LogP contribution in [0.4, 0.5) is 4.39 Å². The highest BCUT2D eigenvalue weighted by molar-refractivity contribution is 5.95. The zero-order chi connectivity index (χ0) is 17.9. The van der Waals surface area contributed by atoms with Crippen molar-refractivity contribution in [1.29, 1.82) is 0 Å². The lowest BCUT2D eigenvalue weighted by molar-refractivity contribution is 0.0584. The third-order valence-corrected chi connectivity index (χ3v) is 5.42. The van der Waals surface area contributed by atoms with E-state index in [0.29, 0.717) is 11.6 Å². The lowest BCUT2D eigenvalue weighted by atomic mass is 10.0. The standard InChI is InChI=1S/C21H24FN3O/c22-19-6-2-4-17(14-19)16-3-1-5-18(13-16)21(26)25-11-9-24(10-12-25)20-7-8-23-15-20/h1-6,13-14,20,23H,7-12,15H2/t20-/m0/s1. The smallest absolute Gasteiger partial charge is 0.253 e. The van der Waals surface area contributed by atoms with E-state index in [9.17, 15) is 9.18 Å². The van der Waals surface area contributed by atoms with Crippen molar-refractivity contribution < 1.29 is 9.18 Å². The zero-order valence-electron chi connectivity index (χ0n) is 14.8. The largest absolute Gasteiger partial charge is 0.336 e. The van der Waals surface area contributed by atoms with Crippen LogP contribution in [0.25, 0.3) is 11.1 Å². The van der Waals surface area contributed by atoms with Crippen LogP contribution in [0.1, 0.15) is 16.8 Å². The quantitative estimate of drug-likeness (QED) is 0.921. The topological polar surface area (TPSA) is 35.6 Å². The molecule has 2 aromatic carbocycles. The van der Waals surface area contributed by atoms with Gasteiger partial charge in [-0.3, -0.25) is 9.69 Å². The van der Waals surface area contributed by atoms with Gasteiger partial charge in [0.1, 0.15) is 5.82 Å². The van der Waals surface area contributed by atoms with E-state index in [1.54, 1.807) is 6.07 Å². The first kappa shape index (κ1) is 17.2. The molecule has 1 N–H and O–H groups in total. The van der Waals surface area contributed by atoms with Gasteiger partial charge in [0.05, 0.1) is 0 Å². The van der Waals surface area contributed by atoms with Crippen molar-refractivity contribution in [3.05, 3.63) is 59.9 Å². The number of carbonyl (C=O) groups excluding carboxylic acids is 1. The van der Waals surface area contributed by atoms with Crippen LogP contribution in [-0.2, 0) is 0 Å². The molecule has 5 heteroatoms. The predicted octanol–water partition coefficient (Wildman–Crippen LogP) is 2.61. The fourth-order valence-corrected chi connectivity index (χ4v) is 3.92. The van der Waals surface area contributed by atoms with Gasteiger partial charge in [0.25, 0.3) is 5.91 Å². The van der Waals surface area contributed by atoms with Crippen LogP contribution in [0, 0.1) is 5.82 Å². The summed E-state index contributed by atoms with van der Waals surface area (Å²) in [7, 11) is 0. The number of nitrogens with zero attached hydrogens (tertiary/aromatic N) is 2. The normalized spacial score (nSPS) is 21.1. The van der Waals surface area contributed by atoms with Crippen LogP contribution < -0.4 is 5.32 Å². The molecule has 1 atom stereocenters. The van der Waals surface area contributed by atoms with Gasteiger partial charge in [-0.25, -0.2) is 4.39 Å². The van der Waals surface area contributed by atoms with Gasteiger partial charge in [-0.2, -0.15) is 0 Å². The van der Waals surface area contributed by atoms with Gasteiger partial charge < -0.3 is 10.2 Å². The minimum Gasteiger partial charge on any atom is -0.336 e. The SMILES string of the molecule is O=C(c1cccc(-c2cccc(F)c2)c1)N1CCN([C@H]2CCNC2)CC1. The fourth-order valence-electron chi connectivity index (χ4n) is 3.92. The molecule has 2 aromatic rings. The van der Waals surface area contributed by atoms with Gasteiger partial charge in [-0.1, -0.05) is 24.3 Å². The molecule has 26 heavy (non-hydrogen) atoms. The summed E-state index contributed by atoms with van der Waals surface area (Å²) in [5, 5.41) is 3.41. The Balaban J connectivity index is 1.44. The molecule has 0 radical (unpaired) electrons. The van der Waals surface area contributed by atoms with Gasteiger partial charge in [-0.15, -0.1) is 0 Å². The van der Waals surface area contributed by atoms with Crippen molar-refractivity contribution in [2.45, 2.75) is 12.5 Å². The Kier molecular flexibility index (Phi) is 5.00. The molecule has 4 nitrogen and oxygen atoms in total. The highest BCUT2D eigenvalue weighted by Crippen LogP contribution is 2.22. The van der Waals surface area contributed by atoms with Gasteiger partial charge in [0.2, 0.25) is 0 Å². The van der Waals surface area contributed by atoms with Crippen LogP contribution >= 0.6 is 0 Å². The predicted molar refractivity (Wildman–Crippen MR) is 101 cm³/mol. The van der Waals surface area contributed by atoms with Crippen LogP contribution in [-0.4, -0.2) is 61.0 Å². The first-order valence-electron chi connectivity index (χ1n) is 9.31. The Bertz CT molecular complexity index is 780. The zero-order valence-corrected chi connectivity index (χ0v) is 14.8. The van der Waals surface area contributed by atoms with Crippen LogP contribution in [0.2, 0.25) is 0 Å². The van der Waals surface area contributed by atoms with Crippen molar-refractivity contribution in [3.8, 4) is 11.1 Å². The number of hydrogen-bond donors (Lipinski definition) is 1. The number of nitrogens with one attached hydrogen (secondary N) is 1. The summed E-state index contributed by atoms with van der Waals surface area (Å²) >= 11 is 0. The van der Waals surface area contributed by atoms with Crippen molar-refractivity contribution in [2.75, 3.05) is 39.3 Å². The second-order valence-electron chi connectivity index (χ2n) is 7.07. The Hall–Kier alpha value is -2.24. The maximum Gasteiger partial charge on any atom is 0.253 e. The number of halogens is 1. The average molecular weight is 353 g/mol. The molecule has 0 aromatic heterocycles. The van der Waals surface area contributed by atoms with E-state index in [1.807, 2.05) is 35.2 Å². The fraction of sp³-hybridized carbons (Fsp3) is 0.381. The maximum absolute atomic E-state index is 13.5. The van der Waals surface area contributed by atoms with E-state index in [2.05, 4.69) is 10.2 Å². The van der Waals surface area contributed by atoms with Crippen LogP contribution in [0.5, 0.6) is 0 Å². The molecule has 0 bridgehead atoms. The van der Waals surface area contributed by atoms with Gasteiger partial charge in [-0.05, 0) is 48.4 Å². The molecule has 2 heterocycles. The summed E-state index contributed by atoms with van der Waals surface area (Å²) in [6, 6.07) is 14.6. The first-order chi connectivity index (χ1) is 12.7. The molecule has 0 saturated carbocycles. The van der Waals surface area contributed by atoms with E-state index < -0.39 is 0 Å². The van der Waals surface area contributed by atoms with E-state index in [1.165, 1.54) is 18.6 Å². The molecule has 0 unspecified atom stereocenters. The molecule has 0 aliphatic carbocycles. The third-order valence-electron chi connectivity index (χ3n) is 5.42. The maximum atomic E-state index is 13.5. The summed E-state index contributed by atoms with van der Waals surface area (Å²) in [4.78, 5) is 17.3. The monoisotopic (exact) mass is 353 g/mol. The summed E-state index contributed by atoms with van der Waals surface area (Å²) in [6.07, 6.45) is 1.20. The number of hydrogen-bond acceptors (Lipinski definition) is 3. The van der Waals surface area contributed by atoms with E-state index in [-0.39, 0.29) is 11.7 Å². The second kappa shape index (κ2) is 7.56. The minimum absolute atomic E-state index is 0.0625. The van der Waals surface area contributed by atoms with E-state index >= 15 is 0 Å². The number of benzene rings is 2. The van der Waals surface area contributed by atoms with E-state index in [0.717, 1.165) is 50.4 Å². The molecule has 2 aliphatic rings. The van der Waals surface area contributed by atoms with Crippen LogP contribution in [0.15, 0.2) is 48.5 Å². The van der Waals surface area contributed by atoms with Gasteiger partial charge >= 0.3 is 0 Å². The number of piperazine rings is 1. The van der Waals surface area contributed by atoms with Crippen molar-refractivity contribution in [3.63, 3.8) is 0 Å². The van der Waals surface area contributed by atoms with E-state index in [4.69, 9.17) is 0 Å². The minimum atomic E-state index is -0.267. The Morgan fingerprint density at radius 2 is 1.73 bits per heavy atom. The molecule has 0 spiro atoms.